The molecule has 0 fully saturated rings. The predicted molar refractivity (Wildman–Crippen MR) is 125 cm³/mol. The van der Waals surface area contributed by atoms with Crippen LogP contribution in [0.1, 0.15) is 55.5 Å². The lowest BCUT2D eigenvalue weighted by atomic mass is 9.99. The summed E-state index contributed by atoms with van der Waals surface area (Å²) < 4.78 is 122. The van der Waals surface area contributed by atoms with Gasteiger partial charge in [-0.15, -0.1) is 0 Å². The zero-order chi connectivity index (χ0) is 29.9. The number of carbonyl (C=O) groups is 1. The first kappa shape index (κ1) is 31.3. The number of esters is 1. The molecular formula is C25H26F9N3O3. The van der Waals surface area contributed by atoms with Crippen molar-refractivity contribution in [2.45, 2.75) is 76.1 Å². The molecule has 1 heterocycles. The van der Waals surface area contributed by atoms with Crippen molar-refractivity contribution in [1.29, 1.82) is 0 Å². The number of nitrogens with one attached hydrogen (secondary N) is 1. The monoisotopic (exact) mass is 587 g/mol. The number of aromatic nitrogens is 2. The maximum Gasteiger partial charge on any atom is 0.434 e. The Kier molecular flexibility index (Phi) is 9.45. The fourth-order valence-electron chi connectivity index (χ4n) is 4.62. The van der Waals surface area contributed by atoms with E-state index in [9.17, 15) is 49.1 Å². The Morgan fingerprint density at radius 3 is 2.25 bits per heavy atom. The largest absolute Gasteiger partial charge is 0.443 e. The van der Waals surface area contributed by atoms with Gasteiger partial charge in [-0.25, -0.2) is 4.98 Å². The van der Waals surface area contributed by atoms with Crippen LogP contribution in [0.5, 0.6) is 0 Å². The average molecular weight is 587 g/mol. The van der Waals surface area contributed by atoms with Crippen LogP contribution < -0.4 is 10.9 Å². The summed E-state index contributed by atoms with van der Waals surface area (Å²) in [6.45, 7) is 1.81. The van der Waals surface area contributed by atoms with Crippen LogP contribution in [-0.2, 0) is 22.4 Å². The first-order valence-electron chi connectivity index (χ1n) is 12.4. The van der Waals surface area contributed by atoms with Gasteiger partial charge in [0, 0.05) is 24.9 Å². The minimum absolute atomic E-state index is 0.0193. The molecule has 0 radical (unpaired) electrons. The molecule has 0 saturated heterocycles. The molecular weight excluding hydrogens is 561 g/mol. The minimum atomic E-state index is -5.89. The van der Waals surface area contributed by atoms with Crippen LogP contribution in [-0.4, -0.2) is 46.7 Å². The van der Waals surface area contributed by atoms with Crippen molar-refractivity contribution >= 4 is 11.9 Å². The van der Waals surface area contributed by atoms with Crippen molar-refractivity contribution in [3.05, 3.63) is 57.5 Å². The first-order chi connectivity index (χ1) is 18.5. The first-order valence-corrected chi connectivity index (χ1v) is 12.4. The van der Waals surface area contributed by atoms with Crippen molar-refractivity contribution in [2.24, 2.45) is 5.92 Å². The van der Waals surface area contributed by atoms with Gasteiger partial charge in [0.25, 0.3) is 11.7 Å². The smallest absolute Gasteiger partial charge is 0.434 e. The van der Waals surface area contributed by atoms with E-state index >= 15 is 0 Å². The summed E-state index contributed by atoms with van der Waals surface area (Å²) in [6, 6.07) is 6.85. The van der Waals surface area contributed by atoms with E-state index in [2.05, 4.69) is 15.0 Å². The van der Waals surface area contributed by atoms with Gasteiger partial charge in [0.05, 0.1) is 17.7 Å². The van der Waals surface area contributed by atoms with E-state index in [1.807, 2.05) is 0 Å². The predicted octanol–water partition coefficient (Wildman–Crippen LogP) is 6.14. The quantitative estimate of drug-likeness (QED) is 0.228. The van der Waals surface area contributed by atoms with Crippen molar-refractivity contribution < 1.29 is 49.0 Å². The van der Waals surface area contributed by atoms with Crippen molar-refractivity contribution in [1.82, 2.24) is 9.55 Å². The molecule has 0 bridgehead atoms. The van der Waals surface area contributed by atoms with Crippen LogP contribution in [0.2, 0.25) is 0 Å². The van der Waals surface area contributed by atoms with E-state index in [-0.39, 0.29) is 43.0 Å². The Morgan fingerprint density at radius 1 is 1.07 bits per heavy atom. The minimum Gasteiger partial charge on any atom is -0.443 e. The Labute approximate surface area is 222 Å². The number of halogens is 9. The molecule has 2 aromatic rings. The molecule has 2 atom stereocenters. The molecule has 40 heavy (non-hydrogen) atoms. The number of fused-ring (bicyclic) bond motifs is 1. The highest BCUT2D eigenvalue weighted by molar-refractivity contribution is 5.73. The number of alkyl halides is 9. The molecule has 1 aromatic carbocycles. The maximum atomic E-state index is 13.7. The average Bonchev–Trinajstić information content (AvgIpc) is 3.06. The fraction of sp³-hybridized carbons (Fsp3) is 0.560. The third-order valence-corrected chi connectivity index (χ3v) is 6.41. The van der Waals surface area contributed by atoms with E-state index in [4.69, 9.17) is 0 Å². The Bertz CT molecular complexity index is 1210. The highest BCUT2D eigenvalue weighted by atomic mass is 19.4. The van der Waals surface area contributed by atoms with E-state index in [0.29, 0.717) is 5.56 Å². The van der Waals surface area contributed by atoms with Gasteiger partial charge < -0.3 is 10.1 Å². The molecule has 1 N–H and O–H groups in total. The second kappa shape index (κ2) is 12.1. The van der Waals surface area contributed by atoms with E-state index in [1.165, 1.54) is 0 Å². The molecule has 0 spiro atoms. The van der Waals surface area contributed by atoms with Gasteiger partial charge in [-0.3, -0.25) is 14.2 Å². The molecule has 1 aromatic heterocycles. The maximum absolute atomic E-state index is 13.7. The van der Waals surface area contributed by atoms with Crippen LogP contribution >= 0.6 is 0 Å². The summed E-state index contributed by atoms with van der Waals surface area (Å²) in [5.41, 5.74) is -0.340. The fourth-order valence-corrected chi connectivity index (χ4v) is 4.62. The molecule has 1 aliphatic rings. The highest BCUT2D eigenvalue weighted by Gasteiger charge is 2.60. The SMILES string of the molecule is CCNc1nc2c(c(=O)n1C(CCC(F)(F)F)c1ccccc1)CCCC(C(=O)OC(C(F)(F)F)C(F)(F)F)C2. The lowest BCUT2D eigenvalue weighted by molar-refractivity contribution is -0.314. The van der Waals surface area contributed by atoms with Gasteiger partial charge in [-0.05, 0) is 38.2 Å². The number of anilines is 1. The number of ether oxygens (including phenoxy) is 1. The van der Waals surface area contributed by atoms with Gasteiger partial charge in [0.2, 0.25) is 5.95 Å². The second-order valence-electron chi connectivity index (χ2n) is 9.34. The summed E-state index contributed by atoms with van der Waals surface area (Å²) in [6.07, 6.45) is -23.0. The Balaban J connectivity index is 2.03. The lowest BCUT2D eigenvalue weighted by Gasteiger charge is -2.26. The van der Waals surface area contributed by atoms with E-state index in [1.54, 1.807) is 37.3 Å². The van der Waals surface area contributed by atoms with Crippen molar-refractivity contribution in [3.8, 4) is 0 Å². The zero-order valence-corrected chi connectivity index (χ0v) is 21.1. The molecule has 3 rings (SSSR count). The summed E-state index contributed by atoms with van der Waals surface area (Å²) >= 11 is 0. The second-order valence-corrected chi connectivity index (χ2v) is 9.34. The summed E-state index contributed by atoms with van der Waals surface area (Å²) in [4.78, 5) is 30.5. The van der Waals surface area contributed by atoms with Gasteiger partial charge in [-0.2, -0.15) is 39.5 Å². The van der Waals surface area contributed by atoms with E-state index in [0.717, 1.165) is 4.57 Å². The van der Waals surface area contributed by atoms with Crippen LogP contribution in [0.25, 0.3) is 0 Å². The zero-order valence-electron chi connectivity index (χ0n) is 21.1. The molecule has 6 nitrogen and oxygen atoms in total. The third kappa shape index (κ3) is 7.68. The molecule has 222 valence electrons. The van der Waals surface area contributed by atoms with Crippen molar-refractivity contribution in [3.63, 3.8) is 0 Å². The highest BCUT2D eigenvalue weighted by Crippen LogP contribution is 2.37. The van der Waals surface area contributed by atoms with Gasteiger partial charge in [0.1, 0.15) is 0 Å². The summed E-state index contributed by atoms with van der Waals surface area (Å²) in [7, 11) is 0. The number of rotatable bonds is 8. The standard InChI is InChI=1S/C25H26F9N3O3/c1-2-35-22-36-17-13-15(20(39)40-21(24(29,30)31)25(32,33)34)9-6-10-16(17)19(38)37(22)18(11-12-23(26,27)28)14-7-4-3-5-8-14/h3-5,7-8,15,18,21H,2,6,9-13H2,1H3,(H,35,36). The molecule has 0 saturated carbocycles. The van der Waals surface area contributed by atoms with Gasteiger partial charge in [0.15, 0.2) is 0 Å². The molecule has 0 aliphatic heterocycles. The van der Waals surface area contributed by atoms with Crippen LogP contribution in [0.4, 0.5) is 45.5 Å². The topological polar surface area (TPSA) is 73.2 Å². The number of hydrogen-bond donors (Lipinski definition) is 1. The Hall–Kier alpha value is -3.26. The third-order valence-electron chi connectivity index (χ3n) is 6.41. The van der Waals surface area contributed by atoms with Crippen molar-refractivity contribution in [2.75, 3.05) is 11.9 Å². The molecule has 15 heteroatoms. The van der Waals surface area contributed by atoms with Crippen LogP contribution in [0.3, 0.4) is 0 Å². The number of nitrogens with zero attached hydrogens (tertiary/aromatic N) is 2. The molecule has 2 unspecified atom stereocenters. The number of carbonyl (C=O) groups excluding carboxylic acids is 1. The summed E-state index contributed by atoms with van der Waals surface area (Å²) in [5.74, 6) is -3.34. The number of hydrogen-bond acceptors (Lipinski definition) is 5. The molecule has 0 amide bonds. The Morgan fingerprint density at radius 2 is 1.70 bits per heavy atom. The summed E-state index contributed by atoms with van der Waals surface area (Å²) in [5, 5.41) is 2.81. The van der Waals surface area contributed by atoms with Crippen LogP contribution in [0.15, 0.2) is 35.1 Å². The molecule has 1 aliphatic carbocycles. The van der Waals surface area contributed by atoms with Gasteiger partial charge in [-0.1, -0.05) is 30.3 Å². The van der Waals surface area contributed by atoms with Crippen LogP contribution in [0, 0.1) is 5.92 Å². The van der Waals surface area contributed by atoms with E-state index < -0.39 is 67.4 Å². The lowest BCUT2D eigenvalue weighted by Crippen LogP contribution is -2.46. The number of benzene rings is 1. The van der Waals surface area contributed by atoms with Gasteiger partial charge >= 0.3 is 24.5 Å². The normalized spacial score (nSPS) is 17.2.